The third-order valence-corrected chi connectivity index (χ3v) is 7.25. The van der Waals surface area contributed by atoms with Crippen LogP contribution in [0.5, 0.6) is 0 Å². The van der Waals surface area contributed by atoms with Crippen molar-refractivity contribution in [3.05, 3.63) is 60.4 Å². The van der Waals surface area contributed by atoms with E-state index in [1.165, 1.54) is 0 Å². The molecule has 0 saturated heterocycles. The first-order chi connectivity index (χ1) is 18.4. The molecule has 3 aromatic heterocycles. The largest absolute Gasteiger partial charge is 0.462 e. The van der Waals surface area contributed by atoms with Gasteiger partial charge in [-0.2, -0.15) is 5.10 Å². The van der Waals surface area contributed by atoms with E-state index in [-0.39, 0.29) is 35.9 Å². The maximum atomic E-state index is 13.7. The number of nitrogens with zero attached hydrogens (tertiary/aromatic N) is 4. The highest BCUT2D eigenvalue weighted by molar-refractivity contribution is 6.03. The van der Waals surface area contributed by atoms with Gasteiger partial charge in [-0.25, -0.2) is 14.3 Å². The van der Waals surface area contributed by atoms with Gasteiger partial charge in [0.15, 0.2) is 5.65 Å². The second-order valence-electron chi connectivity index (χ2n) is 10.3. The molecule has 0 bridgehead atoms. The minimum Gasteiger partial charge on any atom is -0.462 e. The van der Waals surface area contributed by atoms with Gasteiger partial charge in [-0.3, -0.25) is 9.69 Å². The molecule has 1 amide bonds. The molecule has 8 heteroatoms. The predicted molar refractivity (Wildman–Crippen MR) is 146 cm³/mol. The van der Waals surface area contributed by atoms with Gasteiger partial charge >= 0.3 is 5.97 Å². The second kappa shape index (κ2) is 10.8. The fourth-order valence-electron chi connectivity index (χ4n) is 5.13. The first-order valence-electron chi connectivity index (χ1n) is 13.4. The fourth-order valence-corrected chi connectivity index (χ4v) is 5.13. The van der Waals surface area contributed by atoms with Crippen LogP contribution in [0.2, 0.25) is 0 Å². The van der Waals surface area contributed by atoms with E-state index < -0.39 is 5.97 Å². The van der Waals surface area contributed by atoms with Gasteiger partial charge in [0.2, 0.25) is 11.8 Å². The number of esters is 1. The average Bonchev–Trinajstić information content (AvgIpc) is 3.54. The number of hydrogen-bond donors (Lipinski definition) is 0. The van der Waals surface area contributed by atoms with E-state index in [0.29, 0.717) is 11.7 Å². The monoisotopic (exact) mass is 514 g/mol. The summed E-state index contributed by atoms with van der Waals surface area (Å²) in [5.74, 6) is 0.832. The lowest BCUT2D eigenvalue weighted by Crippen LogP contribution is -2.42. The minimum atomic E-state index is -0.498. The van der Waals surface area contributed by atoms with Crippen LogP contribution in [-0.2, 0) is 9.53 Å². The quantitative estimate of drug-likeness (QED) is 0.265. The predicted octanol–water partition coefficient (Wildman–Crippen LogP) is 6.40. The summed E-state index contributed by atoms with van der Waals surface area (Å²) in [4.78, 5) is 32.6. The summed E-state index contributed by atoms with van der Waals surface area (Å²) >= 11 is 0. The van der Waals surface area contributed by atoms with Crippen molar-refractivity contribution in [3.8, 4) is 22.6 Å². The number of carbonyl (C=O) groups is 2. The van der Waals surface area contributed by atoms with Crippen molar-refractivity contribution in [2.24, 2.45) is 11.8 Å². The number of hydrogen-bond acceptors (Lipinski definition) is 6. The van der Waals surface area contributed by atoms with Crippen molar-refractivity contribution < 1.29 is 18.7 Å². The molecule has 0 unspecified atom stereocenters. The van der Waals surface area contributed by atoms with E-state index in [1.54, 1.807) is 28.6 Å². The number of furan rings is 1. The number of rotatable bonds is 7. The number of ether oxygens (including phenoxy) is 1. The summed E-state index contributed by atoms with van der Waals surface area (Å²) in [6, 6.07) is 13.0. The molecule has 0 aliphatic heterocycles. The zero-order chi connectivity index (χ0) is 26.8. The third-order valence-electron chi connectivity index (χ3n) is 7.25. The van der Waals surface area contributed by atoms with E-state index >= 15 is 0 Å². The van der Waals surface area contributed by atoms with Gasteiger partial charge in [0.25, 0.3) is 0 Å². The Morgan fingerprint density at radius 3 is 2.47 bits per heavy atom. The highest BCUT2D eigenvalue weighted by Crippen LogP contribution is 2.37. The molecule has 1 aliphatic carbocycles. The Morgan fingerprint density at radius 2 is 1.82 bits per heavy atom. The molecule has 1 aromatic carbocycles. The molecule has 3 heterocycles. The van der Waals surface area contributed by atoms with Crippen molar-refractivity contribution >= 4 is 23.4 Å². The van der Waals surface area contributed by atoms with Gasteiger partial charge in [0.05, 0.1) is 12.3 Å². The summed E-state index contributed by atoms with van der Waals surface area (Å²) in [7, 11) is 0. The standard InChI is InChI=1S/C30H34N4O4/c1-5-37-30(36)24-17-26(38-29(24)34(19(2)3)28(35)23-9-7-20(4)8-10-23)22-13-11-21(12-14-22)25-18-27-31-15-6-16-33(27)32-25/h6,11-20,23H,5,7-10H2,1-4H3/t20-,23-. The molecule has 1 saturated carbocycles. The normalized spacial score (nSPS) is 17.6. The number of fused-ring (bicyclic) bond motifs is 1. The molecular weight excluding hydrogens is 480 g/mol. The third kappa shape index (κ3) is 5.08. The van der Waals surface area contributed by atoms with Gasteiger partial charge in [0, 0.05) is 47.6 Å². The smallest absolute Gasteiger partial charge is 0.343 e. The molecule has 0 spiro atoms. The average molecular weight is 515 g/mol. The van der Waals surface area contributed by atoms with E-state index in [1.807, 2.05) is 56.4 Å². The van der Waals surface area contributed by atoms with Crippen LogP contribution >= 0.6 is 0 Å². The summed E-state index contributed by atoms with van der Waals surface area (Å²) < 4.78 is 13.4. The van der Waals surface area contributed by atoms with Crippen LogP contribution in [0, 0.1) is 11.8 Å². The first-order valence-corrected chi connectivity index (χ1v) is 13.4. The van der Waals surface area contributed by atoms with Crippen LogP contribution in [0.25, 0.3) is 28.2 Å². The highest BCUT2D eigenvalue weighted by Gasteiger charge is 2.35. The molecule has 198 valence electrons. The number of anilines is 1. The molecule has 38 heavy (non-hydrogen) atoms. The minimum absolute atomic E-state index is 0.00848. The van der Waals surface area contributed by atoms with Crippen molar-refractivity contribution in [1.82, 2.24) is 14.6 Å². The number of benzene rings is 1. The maximum absolute atomic E-state index is 13.7. The van der Waals surface area contributed by atoms with Crippen LogP contribution in [0.4, 0.5) is 5.88 Å². The first kappa shape index (κ1) is 25.7. The van der Waals surface area contributed by atoms with Gasteiger partial charge in [-0.05, 0) is 58.4 Å². The summed E-state index contributed by atoms with van der Waals surface area (Å²) in [6.07, 6.45) is 7.37. The van der Waals surface area contributed by atoms with Gasteiger partial charge < -0.3 is 9.15 Å². The molecular formula is C30H34N4O4. The van der Waals surface area contributed by atoms with Crippen LogP contribution in [0.1, 0.15) is 63.7 Å². The zero-order valence-electron chi connectivity index (χ0n) is 22.4. The maximum Gasteiger partial charge on any atom is 0.343 e. The SMILES string of the molecule is CCOC(=O)c1cc(-c2ccc(-c3cc4ncccn4n3)cc2)oc1N(C(=O)[C@H]1CC[C@H](C)CC1)C(C)C. The van der Waals surface area contributed by atoms with Crippen LogP contribution in [-0.4, -0.2) is 39.1 Å². The van der Waals surface area contributed by atoms with Crippen LogP contribution in [0.3, 0.4) is 0 Å². The molecule has 4 aromatic rings. The van der Waals surface area contributed by atoms with E-state index in [0.717, 1.165) is 48.2 Å². The number of carbonyl (C=O) groups excluding carboxylic acids is 2. The van der Waals surface area contributed by atoms with Crippen molar-refractivity contribution in [1.29, 1.82) is 0 Å². The van der Waals surface area contributed by atoms with Crippen LogP contribution in [0.15, 0.2) is 59.3 Å². The Balaban J connectivity index is 1.48. The van der Waals surface area contributed by atoms with E-state index in [4.69, 9.17) is 9.15 Å². The summed E-state index contributed by atoms with van der Waals surface area (Å²) in [5, 5.41) is 4.58. The molecule has 5 rings (SSSR count). The fraction of sp³-hybridized carbons (Fsp3) is 0.400. The molecule has 0 radical (unpaired) electrons. The second-order valence-corrected chi connectivity index (χ2v) is 10.3. The lowest BCUT2D eigenvalue weighted by atomic mass is 9.82. The lowest BCUT2D eigenvalue weighted by molar-refractivity contribution is -0.124. The Hall–Kier alpha value is -3.94. The molecule has 0 N–H and O–H groups in total. The number of aromatic nitrogens is 3. The van der Waals surface area contributed by atoms with Crippen LogP contribution < -0.4 is 4.90 Å². The summed E-state index contributed by atoms with van der Waals surface area (Å²) in [6.45, 7) is 8.12. The lowest BCUT2D eigenvalue weighted by Gasteiger charge is -2.32. The number of amides is 1. The van der Waals surface area contributed by atoms with Crippen molar-refractivity contribution in [3.63, 3.8) is 0 Å². The Morgan fingerprint density at radius 1 is 1.11 bits per heavy atom. The highest BCUT2D eigenvalue weighted by atomic mass is 16.5. The van der Waals surface area contributed by atoms with Gasteiger partial charge in [-0.1, -0.05) is 31.2 Å². The Bertz CT molecular complexity index is 1400. The van der Waals surface area contributed by atoms with Gasteiger partial charge in [0.1, 0.15) is 11.3 Å². The van der Waals surface area contributed by atoms with Crippen molar-refractivity contribution in [2.45, 2.75) is 59.4 Å². The summed E-state index contributed by atoms with van der Waals surface area (Å²) in [5.41, 5.74) is 3.56. The Labute approximate surface area is 222 Å². The topological polar surface area (TPSA) is 89.9 Å². The molecule has 1 aliphatic rings. The van der Waals surface area contributed by atoms with E-state index in [2.05, 4.69) is 17.0 Å². The zero-order valence-corrected chi connectivity index (χ0v) is 22.4. The molecule has 0 atom stereocenters. The van der Waals surface area contributed by atoms with E-state index in [9.17, 15) is 9.59 Å². The van der Waals surface area contributed by atoms with Crippen molar-refractivity contribution in [2.75, 3.05) is 11.5 Å². The van der Waals surface area contributed by atoms with Gasteiger partial charge in [-0.15, -0.1) is 0 Å². The molecule has 8 nitrogen and oxygen atoms in total. The molecule has 1 fully saturated rings. The Kier molecular flexibility index (Phi) is 7.31.